The Hall–Kier alpha value is -1.67. The highest BCUT2D eigenvalue weighted by Crippen LogP contribution is 2.30. The Morgan fingerprint density at radius 1 is 1.12 bits per heavy atom. The van der Waals surface area contributed by atoms with Crippen LogP contribution in [0.25, 0.3) is 11.1 Å². The van der Waals surface area contributed by atoms with E-state index >= 15 is 0 Å². The fourth-order valence-electron chi connectivity index (χ4n) is 2.20. The van der Waals surface area contributed by atoms with Gasteiger partial charge in [0.05, 0.1) is 0 Å². The van der Waals surface area contributed by atoms with Crippen LogP contribution >= 0.6 is 0 Å². The van der Waals surface area contributed by atoms with E-state index in [1.807, 2.05) is 44.2 Å². The lowest BCUT2D eigenvalue weighted by Gasteiger charge is -2.12. The number of halogens is 1. The maximum atomic E-state index is 14.1. The van der Waals surface area contributed by atoms with E-state index in [1.165, 1.54) is 0 Å². The van der Waals surface area contributed by atoms with E-state index in [-0.39, 0.29) is 5.82 Å². The first-order chi connectivity index (χ1) is 8.13. The highest BCUT2D eigenvalue weighted by molar-refractivity contribution is 5.71. The molecule has 0 saturated carbocycles. The van der Waals surface area contributed by atoms with Gasteiger partial charge in [0.1, 0.15) is 5.82 Å². The third-order valence-electron chi connectivity index (χ3n) is 2.94. The molecule has 0 aliphatic rings. The lowest BCUT2D eigenvalue weighted by atomic mass is 9.94. The lowest BCUT2D eigenvalue weighted by Crippen LogP contribution is -2.01. The molecule has 0 unspecified atom stereocenters. The smallest absolute Gasteiger partial charge is 0.131 e. The molecular weight excluding hydrogens is 213 g/mol. The van der Waals surface area contributed by atoms with Crippen molar-refractivity contribution in [2.75, 3.05) is 0 Å². The van der Waals surface area contributed by atoms with Crippen molar-refractivity contribution >= 4 is 0 Å². The second-order valence-electron chi connectivity index (χ2n) is 4.30. The minimum absolute atomic E-state index is 0.177. The highest BCUT2D eigenvalue weighted by Gasteiger charge is 2.11. The molecule has 2 aromatic carbocycles. The number of aryl methyl sites for hydroxylation is 2. The summed E-state index contributed by atoms with van der Waals surface area (Å²) in [4.78, 5) is 0. The molecule has 0 aliphatic carbocycles. The molecule has 0 aromatic heterocycles. The standard InChI is InChI=1S/C15H16FN/c1-10-7-11(2)15(14(16)8-10)13-6-4-3-5-12(13)9-17/h3-8H,9,17H2,1-2H3. The predicted octanol–water partition coefficient (Wildman–Crippen LogP) is 3.57. The largest absolute Gasteiger partial charge is 0.326 e. The van der Waals surface area contributed by atoms with Crippen LogP contribution in [0, 0.1) is 19.7 Å². The van der Waals surface area contributed by atoms with Crippen LogP contribution in [0.2, 0.25) is 0 Å². The average Bonchev–Trinajstić information content (AvgIpc) is 2.28. The summed E-state index contributed by atoms with van der Waals surface area (Å²) in [5, 5.41) is 0. The number of hydrogen-bond donors (Lipinski definition) is 1. The highest BCUT2D eigenvalue weighted by atomic mass is 19.1. The molecule has 2 rings (SSSR count). The van der Waals surface area contributed by atoms with Crippen LogP contribution in [0.3, 0.4) is 0 Å². The van der Waals surface area contributed by atoms with Crippen molar-refractivity contribution in [3.05, 3.63) is 58.9 Å². The van der Waals surface area contributed by atoms with Crippen molar-refractivity contribution in [1.82, 2.24) is 0 Å². The molecule has 2 N–H and O–H groups in total. The molecule has 0 aliphatic heterocycles. The minimum atomic E-state index is -0.177. The van der Waals surface area contributed by atoms with Gasteiger partial charge in [-0.05, 0) is 42.2 Å². The number of benzene rings is 2. The van der Waals surface area contributed by atoms with E-state index < -0.39 is 0 Å². The summed E-state index contributed by atoms with van der Waals surface area (Å²) in [5.41, 5.74) is 10.1. The molecule has 0 radical (unpaired) electrons. The minimum Gasteiger partial charge on any atom is -0.326 e. The summed E-state index contributed by atoms with van der Waals surface area (Å²) in [6.45, 7) is 4.25. The number of nitrogens with two attached hydrogens (primary N) is 1. The second kappa shape index (κ2) is 4.68. The third kappa shape index (κ3) is 2.22. The van der Waals surface area contributed by atoms with Crippen LogP contribution in [0.1, 0.15) is 16.7 Å². The first kappa shape index (κ1) is 11.8. The lowest BCUT2D eigenvalue weighted by molar-refractivity contribution is 0.629. The fourth-order valence-corrected chi connectivity index (χ4v) is 2.20. The van der Waals surface area contributed by atoms with Gasteiger partial charge in [-0.3, -0.25) is 0 Å². The van der Waals surface area contributed by atoms with Crippen LogP contribution < -0.4 is 5.73 Å². The van der Waals surface area contributed by atoms with Crippen molar-refractivity contribution in [1.29, 1.82) is 0 Å². The summed E-state index contributed by atoms with van der Waals surface area (Å²) in [5.74, 6) is -0.177. The van der Waals surface area contributed by atoms with Gasteiger partial charge in [-0.25, -0.2) is 4.39 Å². The van der Waals surface area contributed by atoms with Crippen molar-refractivity contribution in [2.45, 2.75) is 20.4 Å². The maximum Gasteiger partial charge on any atom is 0.131 e. The Balaban J connectivity index is 2.68. The van der Waals surface area contributed by atoms with Gasteiger partial charge in [-0.2, -0.15) is 0 Å². The molecule has 2 aromatic rings. The normalized spacial score (nSPS) is 10.6. The van der Waals surface area contributed by atoms with E-state index in [0.29, 0.717) is 12.1 Å². The molecule has 88 valence electrons. The maximum absolute atomic E-state index is 14.1. The Bertz CT molecular complexity index is 523. The van der Waals surface area contributed by atoms with Crippen LogP contribution in [0.5, 0.6) is 0 Å². The van der Waals surface area contributed by atoms with Gasteiger partial charge in [-0.1, -0.05) is 30.3 Å². The van der Waals surface area contributed by atoms with Gasteiger partial charge in [-0.15, -0.1) is 0 Å². The van der Waals surface area contributed by atoms with Gasteiger partial charge in [0, 0.05) is 12.1 Å². The topological polar surface area (TPSA) is 26.0 Å². The van der Waals surface area contributed by atoms with E-state index in [9.17, 15) is 4.39 Å². The Morgan fingerprint density at radius 3 is 2.47 bits per heavy atom. The summed E-state index contributed by atoms with van der Waals surface area (Å²) in [6, 6.07) is 11.2. The van der Waals surface area contributed by atoms with Crippen molar-refractivity contribution in [3.63, 3.8) is 0 Å². The predicted molar refractivity (Wildman–Crippen MR) is 69.2 cm³/mol. The zero-order valence-corrected chi connectivity index (χ0v) is 10.1. The van der Waals surface area contributed by atoms with Gasteiger partial charge in [0.15, 0.2) is 0 Å². The summed E-state index contributed by atoms with van der Waals surface area (Å²) in [7, 11) is 0. The number of hydrogen-bond acceptors (Lipinski definition) is 1. The molecule has 0 amide bonds. The quantitative estimate of drug-likeness (QED) is 0.837. The third-order valence-corrected chi connectivity index (χ3v) is 2.94. The van der Waals surface area contributed by atoms with Crippen LogP contribution in [-0.2, 0) is 6.54 Å². The Morgan fingerprint density at radius 2 is 1.82 bits per heavy atom. The first-order valence-electron chi connectivity index (χ1n) is 5.68. The van der Waals surface area contributed by atoms with Crippen molar-refractivity contribution in [2.24, 2.45) is 5.73 Å². The fraction of sp³-hybridized carbons (Fsp3) is 0.200. The average molecular weight is 229 g/mol. The molecule has 0 fully saturated rings. The zero-order chi connectivity index (χ0) is 12.4. The molecule has 17 heavy (non-hydrogen) atoms. The molecule has 0 saturated heterocycles. The van der Waals surface area contributed by atoms with E-state index in [2.05, 4.69) is 0 Å². The van der Waals surface area contributed by atoms with Crippen molar-refractivity contribution in [3.8, 4) is 11.1 Å². The zero-order valence-electron chi connectivity index (χ0n) is 10.1. The second-order valence-corrected chi connectivity index (χ2v) is 4.30. The molecule has 1 nitrogen and oxygen atoms in total. The molecule has 0 atom stereocenters. The Labute approximate surface area is 101 Å². The summed E-state index contributed by atoms with van der Waals surface area (Å²) < 4.78 is 14.1. The van der Waals surface area contributed by atoms with E-state index in [0.717, 1.165) is 22.3 Å². The van der Waals surface area contributed by atoms with Gasteiger partial charge in [0.25, 0.3) is 0 Å². The van der Waals surface area contributed by atoms with Gasteiger partial charge in [0.2, 0.25) is 0 Å². The van der Waals surface area contributed by atoms with Crippen LogP contribution in [0.4, 0.5) is 4.39 Å². The molecular formula is C15H16FN. The first-order valence-corrected chi connectivity index (χ1v) is 5.68. The number of rotatable bonds is 2. The SMILES string of the molecule is Cc1cc(C)c(-c2ccccc2CN)c(F)c1. The Kier molecular flexibility index (Phi) is 3.25. The molecule has 0 spiro atoms. The molecule has 2 heteroatoms. The van der Waals surface area contributed by atoms with E-state index in [1.54, 1.807) is 6.07 Å². The van der Waals surface area contributed by atoms with Crippen LogP contribution in [0.15, 0.2) is 36.4 Å². The van der Waals surface area contributed by atoms with Gasteiger partial charge < -0.3 is 5.73 Å². The molecule has 0 bridgehead atoms. The summed E-state index contributed by atoms with van der Waals surface area (Å²) in [6.07, 6.45) is 0. The summed E-state index contributed by atoms with van der Waals surface area (Å²) >= 11 is 0. The van der Waals surface area contributed by atoms with E-state index in [4.69, 9.17) is 5.73 Å². The van der Waals surface area contributed by atoms with Crippen molar-refractivity contribution < 1.29 is 4.39 Å². The monoisotopic (exact) mass is 229 g/mol. The van der Waals surface area contributed by atoms with Gasteiger partial charge >= 0.3 is 0 Å². The van der Waals surface area contributed by atoms with Crippen LogP contribution in [-0.4, -0.2) is 0 Å². The molecule has 0 heterocycles.